The number of ether oxygens (including phenoxy) is 2. The molecule has 9 nitrogen and oxygen atoms in total. The lowest BCUT2D eigenvalue weighted by atomic mass is 9.83. The Balaban J connectivity index is 2.06. The molecule has 30 heavy (non-hydrogen) atoms. The highest BCUT2D eigenvalue weighted by atomic mass is 16.5. The molecule has 0 aromatic heterocycles. The lowest BCUT2D eigenvalue weighted by Crippen LogP contribution is -2.53. The van der Waals surface area contributed by atoms with Gasteiger partial charge in [0, 0.05) is 6.54 Å². The molecule has 1 aliphatic carbocycles. The molecular weight excluding hydrogens is 389 g/mol. The van der Waals surface area contributed by atoms with E-state index >= 15 is 0 Å². The van der Waals surface area contributed by atoms with E-state index in [1.165, 1.54) is 0 Å². The number of nitrogens with two attached hydrogens (primary N) is 1. The minimum Gasteiger partial charge on any atom is -0.493 e. The van der Waals surface area contributed by atoms with Crippen molar-refractivity contribution in [3.63, 3.8) is 0 Å². The smallest absolute Gasteiger partial charge is 0.486 e. The van der Waals surface area contributed by atoms with Crippen LogP contribution >= 0.6 is 0 Å². The zero-order valence-electron chi connectivity index (χ0n) is 17.6. The fraction of sp³-hybridized carbons (Fsp3) is 0.600. The molecule has 1 aromatic carbocycles. The number of nitrogens with one attached hydrogen (secondary N) is 2. The predicted octanol–water partition coefficient (Wildman–Crippen LogP) is 0.605. The summed E-state index contributed by atoms with van der Waals surface area (Å²) in [7, 11) is 3.64. The molecule has 1 atom stereocenters. The zero-order chi connectivity index (χ0) is 22.0. The van der Waals surface area contributed by atoms with Crippen LogP contribution in [0.2, 0.25) is 0 Å². The van der Waals surface area contributed by atoms with E-state index in [4.69, 9.17) is 24.9 Å². The van der Waals surface area contributed by atoms with E-state index in [1.807, 2.05) is 6.07 Å². The van der Waals surface area contributed by atoms with Crippen LogP contribution in [-0.4, -0.2) is 51.5 Å². The fourth-order valence-electron chi connectivity index (χ4n) is 3.71. The van der Waals surface area contributed by atoms with Crippen molar-refractivity contribution in [3.05, 3.63) is 23.8 Å². The molecule has 0 bridgehead atoms. The van der Waals surface area contributed by atoms with Crippen LogP contribution in [0.4, 0.5) is 0 Å². The normalized spacial score (nSPS) is 15.9. The third-order valence-electron chi connectivity index (χ3n) is 5.42. The molecule has 1 radical (unpaired) electrons. The molecule has 2 rings (SSSR count). The standard InChI is InChI=1S/C20H31BN3O6/c1-28-15-8-7-14(12-16(15)29-2)13-23-18(25)20(9-3-4-10-20)19(26)24-17(30-21-27)6-5-11-22/h7-8,12,17,27H,3-6,9-11,13,22H2,1-2H3,(H,23,25)(H,24,26)/t17-/m1/s1. The number of carbonyl (C=O) groups excluding carboxylic acids is 2. The largest absolute Gasteiger partial charge is 0.493 e. The molecule has 1 saturated carbocycles. The molecule has 0 aliphatic heterocycles. The number of amides is 2. The summed E-state index contributed by atoms with van der Waals surface area (Å²) in [6.07, 6.45) is 2.81. The maximum absolute atomic E-state index is 13.1. The van der Waals surface area contributed by atoms with Gasteiger partial charge in [0.2, 0.25) is 11.8 Å². The molecule has 0 unspecified atom stereocenters. The van der Waals surface area contributed by atoms with Gasteiger partial charge in [-0.3, -0.25) is 9.59 Å². The molecule has 0 spiro atoms. The van der Waals surface area contributed by atoms with Crippen LogP contribution in [0.15, 0.2) is 18.2 Å². The molecule has 2 amide bonds. The molecule has 0 saturated heterocycles. The van der Waals surface area contributed by atoms with Gasteiger partial charge in [0.05, 0.1) is 14.2 Å². The average molecular weight is 420 g/mol. The topological polar surface area (TPSA) is 132 Å². The van der Waals surface area contributed by atoms with Gasteiger partial charge < -0.3 is 35.5 Å². The van der Waals surface area contributed by atoms with Gasteiger partial charge in [-0.1, -0.05) is 18.9 Å². The van der Waals surface area contributed by atoms with Gasteiger partial charge in [-0.15, -0.1) is 0 Å². The second-order valence-electron chi connectivity index (χ2n) is 7.30. The minimum atomic E-state index is -1.16. The molecule has 165 valence electrons. The third-order valence-corrected chi connectivity index (χ3v) is 5.42. The third kappa shape index (κ3) is 5.87. The Bertz CT molecular complexity index is 712. The van der Waals surface area contributed by atoms with E-state index in [-0.39, 0.29) is 12.5 Å². The van der Waals surface area contributed by atoms with Crippen LogP contribution in [0.3, 0.4) is 0 Å². The van der Waals surface area contributed by atoms with E-state index in [9.17, 15) is 9.59 Å². The maximum atomic E-state index is 13.1. The summed E-state index contributed by atoms with van der Waals surface area (Å²) >= 11 is 0. The Kier molecular flexibility index (Phi) is 9.41. The van der Waals surface area contributed by atoms with Gasteiger partial charge in [-0.05, 0) is 49.9 Å². The Hall–Kier alpha value is -2.30. The maximum Gasteiger partial charge on any atom is 0.486 e. The highest BCUT2D eigenvalue weighted by Gasteiger charge is 2.48. The van der Waals surface area contributed by atoms with Crippen molar-refractivity contribution < 1.29 is 28.7 Å². The summed E-state index contributed by atoms with van der Waals surface area (Å²) in [4.78, 5) is 26.1. The predicted molar refractivity (Wildman–Crippen MR) is 112 cm³/mol. The minimum absolute atomic E-state index is 0.256. The summed E-state index contributed by atoms with van der Waals surface area (Å²) in [6.45, 7) is 0.684. The van der Waals surface area contributed by atoms with Crippen LogP contribution in [0.5, 0.6) is 11.5 Å². The van der Waals surface area contributed by atoms with Gasteiger partial charge >= 0.3 is 7.69 Å². The number of carbonyl (C=O) groups is 2. The van der Waals surface area contributed by atoms with Crippen molar-refractivity contribution in [1.82, 2.24) is 10.6 Å². The Morgan fingerprint density at radius 2 is 1.90 bits per heavy atom. The van der Waals surface area contributed by atoms with Gasteiger partial charge in [0.15, 0.2) is 11.5 Å². The number of hydrogen-bond donors (Lipinski definition) is 4. The Morgan fingerprint density at radius 1 is 1.20 bits per heavy atom. The summed E-state index contributed by atoms with van der Waals surface area (Å²) in [5.41, 5.74) is 5.18. The number of methoxy groups -OCH3 is 2. The van der Waals surface area contributed by atoms with Crippen molar-refractivity contribution in [2.24, 2.45) is 11.1 Å². The fourth-order valence-corrected chi connectivity index (χ4v) is 3.71. The molecular formula is C20H31BN3O6. The highest BCUT2D eigenvalue weighted by Crippen LogP contribution is 2.39. The van der Waals surface area contributed by atoms with Crippen molar-refractivity contribution >= 4 is 19.5 Å². The summed E-state index contributed by atoms with van der Waals surface area (Å²) < 4.78 is 15.6. The van der Waals surface area contributed by atoms with Crippen LogP contribution in [0, 0.1) is 5.41 Å². The first-order valence-corrected chi connectivity index (χ1v) is 10.1. The molecule has 5 N–H and O–H groups in total. The van der Waals surface area contributed by atoms with Crippen molar-refractivity contribution in [2.45, 2.75) is 51.3 Å². The van der Waals surface area contributed by atoms with Crippen molar-refractivity contribution in [2.75, 3.05) is 20.8 Å². The zero-order valence-corrected chi connectivity index (χ0v) is 17.6. The number of rotatable bonds is 12. The van der Waals surface area contributed by atoms with Crippen LogP contribution in [0.1, 0.15) is 44.1 Å². The Morgan fingerprint density at radius 3 is 2.50 bits per heavy atom. The lowest BCUT2D eigenvalue weighted by molar-refractivity contribution is -0.145. The second-order valence-corrected chi connectivity index (χ2v) is 7.30. The van der Waals surface area contributed by atoms with Crippen LogP contribution in [0.25, 0.3) is 0 Å². The number of hydrogen-bond acceptors (Lipinski definition) is 7. The van der Waals surface area contributed by atoms with E-state index in [1.54, 1.807) is 26.4 Å². The van der Waals surface area contributed by atoms with Gasteiger partial charge in [-0.25, -0.2) is 0 Å². The van der Waals surface area contributed by atoms with E-state index < -0.39 is 17.6 Å². The summed E-state index contributed by atoms with van der Waals surface area (Å²) in [5, 5.41) is 14.6. The first-order chi connectivity index (χ1) is 14.5. The Labute approximate surface area is 177 Å². The van der Waals surface area contributed by atoms with Crippen molar-refractivity contribution in [1.29, 1.82) is 0 Å². The average Bonchev–Trinajstić information content (AvgIpc) is 3.27. The highest BCUT2D eigenvalue weighted by molar-refractivity contribution is 6.16. The first-order valence-electron chi connectivity index (χ1n) is 10.1. The quantitative estimate of drug-likeness (QED) is 0.221. The molecule has 1 fully saturated rings. The van der Waals surface area contributed by atoms with Gasteiger partial charge in [0.25, 0.3) is 0 Å². The molecule has 10 heteroatoms. The molecule has 1 aromatic rings. The van der Waals surface area contributed by atoms with Crippen LogP contribution < -0.4 is 25.8 Å². The SMILES string of the molecule is COc1ccc(CNC(=O)C2(C(=O)N[C@@H](CCCN)O[B]O)CCCC2)cc1OC. The number of benzene rings is 1. The van der Waals surface area contributed by atoms with E-state index in [0.717, 1.165) is 18.4 Å². The molecule has 0 heterocycles. The first kappa shape index (κ1) is 24.0. The van der Waals surface area contributed by atoms with Crippen molar-refractivity contribution in [3.8, 4) is 11.5 Å². The van der Waals surface area contributed by atoms with Gasteiger partial charge in [-0.2, -0.15) is 0 Å². The van der Waals surface area contributed by atoms with Gasteiger partial charge in [0.1, 0.15) is 11.6 Å². The van der Waals surface area contributed by atoms with E-state index in [0.29, 0.717) is 51.4 Å². The lowest BCUT2D eigenvalue weighted by Gasteiger charge is -2.29. The second kappa shape index (κ2) is 11.8. The van der Waals surface area contributed by atoms with E-state index in [2.05, 4.69) is 10.6 Å². The summed E-state index contributed by atoms with van der Waals surface area (Å²) in [5.74, 6) is 0.452. The monoisotopic (exact) mass is 420 g/mol. The van der Waals surface area contributed by atoms with Crippen LogP contribution in [-0.2, 0) is 20.8 Å². The summed E-state index contributed by atoms with van der Waals surface area (Å²) in [6, 6.07) is 5.38. The molecule has 1 aliphatic rings.